The number of thioether (sulfide) groups is 1. The van der Waals surface area contributed by atoms with Crippen LogP contribution in [0, 0.1) is 0 Å². The van der Waals surface area contributed by atoms with E-state index in [9.17, 15) is 4.79 Å². The molecular weight excluding hydrogens is 402 g/mol. The van der Waals surface area contributed by atoms with Gasteiger partial charge in [0.15, 0.2) is 11.0 Å². The van der Waals surface area contributed by atoms with Gasteiger partial charge in [-0.2, -0.15) is 0 Å². The average molecular weight is 422 g/mol. The number of para-hydroxylation sites is 1. The van der Waals surface area contributed by atoms with Crippen molar-refractivity contribution in [3.05, 3.63) is 77.2 Å². The number of carbonyl (C=O) groups excluding carboxylic acids is 1. The van der Waals surface area contributed by atoms with E-state index in [4.69, 9.17) is 0 Å². The predicted octanol–water partition coefficient (Wildman–Crippen LogP) is 4.36. The second-order valence-electron chi connectivity index (χ2n) is 6.31. The first-order chi connectivity index (χ1) is 14.2. The lowest BCUT2D eigenvalue weighted by Gasteiger charge is -2.13. The lowest BCUT2D eigenvalue weighted by atomic mass is 10.2. The number of nitrogens with one attached hydrogen (secondary N) is 1. The van der Waals surface area contributed by atoms with E-state index in [2.05, 4.69) is 20.5 Å². The van der Waals surface area contributed by atoms with E-state index in [0.29, 0.717) is 11.0 Å². The Hall–Kier alpha value is -2.97. The van der Waals surface area contributed by atoms with Crippen molar-refractivity contribution in [2.75, 3.05) is 5.75 Å². The summed E-state index contributed by atoms with van der Waals surface area (Å²) in [6.07, 6.45) is 3.46. The van der Waals surface area contributed by atoms with E-state index in [1.807, 2.05) is 71.5 Å². The van der Waals surface area contributed by atoms with Crippen LogP contribution in [0.5, 0.6) is 0 Å². The zero-order chi connectivity index (χ0) is 20.1. The molecule has 3 heterocycles. The molecule has 0 bridgehead atoms. The highest BCUT2D eigenvalue weighted by atomic mass is 32.2. The molecule has 29 heavy (non-hydrogen) atoms. The number of hydrogen-bond acceptors (Lipinski definition) is 6. The van der Waals surface area contributed by atoms with Gasteiger partial charge >= 0.3 is 0 Å². The van der Waals surface area contributed by atoms with Crippen LogP contribution in [0.1, 0.15) is 17.8 Å². The van der Waals surface area contributed by atoms with E-state index in [1.165, 1.54) is 11.8 Å². The Labute approximate surface area is 177 Å². The molecule has 0 aliphatic heterocycles. The molecule has 1 aromatic carbocycles. The summed E-state index contributed by atoms with van der Waals surface area (Å²) >= 11 is 3.00. The molecule has 6 nitrogen and oxygen atoms in total. The maximum Gasteiger partial charge on any atom is 0.230 e. The topological polar surface area (TPSA) is 72.7 Å². The average Bonchev–Trinajstić information content (AvgIpc) is 3.44. The molecule has 0 radical (unpaired) electrons. The van der Waals surface area contributed by atoms with Crippen LogP contribution in [0.3, 0.4) is 0 Å². The summed E-state index contributed by atoms with van der Waals surface area (Å²) in [6, 6.07) is 17.7. The van der Waals surface area contributed by atoms with Crippen molar-refractivity contribution in [3.63, 3.8) is 0 Å². The van der Waals surface area contributed by atoms with Gasteiger partial charge in [-0.05, 0) is 42.6 Å². The third-order valence-electron chi connectivity index (χ3n) is 4.27. The molecule has 4 rings (SSSR count). The van der Waals surface area contributed by atoms with Crippen LogP contribution in [0.2, 0.25) is 0 Å². The molecule has 1 unspecified atom stereocenters. The number of amides is 1. The van der Waals surface area contributed by atoms with Gasteiger partial charge in [-0.15, -0.1) is 21.5 Å². The SMILES string of the molecule is CC(NC(=O)CSc1nnc(-c2ccncc2)n1-c1ccccc1)c1cccs1. The number of thiophene rings is 1. The molecule has 0 fully saturated rings. The zero-order valence-electron chi connectivity index (χ0n) is 15.7. The smallest absolute Gasteiger partial charge is 0.230 e. The van der Waals surface area contributed by atoms with E-state index in [1.54, 1.807) is 23.7 Å². The maximum absolute atomic E-state index is 12.5. The van der Waals surface area contributed by atoms with Gasteiger partial charge in [0.1, 0.15) is 0 Å². The second kappa shape index (κ2) is 9.02. The standard InChI is InChI=1S/C21H19N5OS2/c1-15(18-8-5-13-28-18)23-19(27)14-29-21-25-24-20(16-9-11-22-12-10-16)26(21)17-6-3-2-4-7-17/h2-13,15H,14H2,1H3,(H,23,27). The normalized spacial score (nSPS) is 11.9. The molecule has 8 heteroatoms. The Kier molecular flexibility index (Phi) is 6.02. The molecule has 1 amide bonds. The lowest BCUT2D eigenvalue weighted by Crippen LogP contribution is -2.27. The molecule has 0 aliphatic rings. The fourth-order valence-corrected chi connectivity index (χ4v) is 4.38. The minimum atomic E-state index is -0.0380. The van der Waals surface area contributed by atoms with Crippen molar-refractivity contribution < 1.29 is 4.79 Å². The van der Waals surface area contributed by atoms with Crippen molar-refractivity contribution in [3.8, 4) is 17.1 Å². The molecule has 0 aliphatic carbocycles. The van der Waals surface area contributed by atoms with Crippen LogP contribution in [-0.2, 0) is 4.79 Å². The van der Waals surface area contributed by atoms with E-state index < -0.39 is 0 Å². The Bertz CT molecular complexity index is 1070. The summed E-state index contributed by atoms with van der Waals surface area (Å²) in [6.45, 7) is 1.99. The molecule has 0 saturated carbocycles. The summed E-state index contributed by atoms with van der Waals surface area (Å²) in [5.74, 6) is 0.939. The molecule has 4 aromatic rings. The lowest BCUT2D eigenvalue weighted by molar-refractivity contribution is -0.119. The number of nitrogens with zero attached hydrogens (tertiary/aromatic N) is 4. The summed E-state index contributed by atoms with van der Waals surface area (Å²) in [4.78, 5) is 17.7. The van der Waals surface area contributed by atoms with Crippen LogP contribution in [0.25, 0.3) is 17.1 Å². The first-order valence-electron chi connectivity index (χ1n) is 9.09. The molecule has 0 spiro atoms. The van der Waals surface area contributed by atoms with Crippen molar-refractivity contribution in [2.24, 2.45) is 0 Å². The first-order valence-corrected chi connectivity index (χ1v) is 11.0. The van der Waals surface area contributed by atoms with Gasteiger partial charge in [0.2, 0.25) is 5.91 Å². The van der Waals surface area contributed by atoms with Gasteiger partial charge in [-0.25, -0.2) is 0 Å². The van der Waals surface area contributed by atoms with E-state index in [0.717, 1.165) is 16.1 Å². The highest BCUT2D eigenvalue weighted by Gasteiger charge is 2.18. The Morgan fingerprint density at radius 3 is 2.62 bits per heavy atom. The Morgan fingerprint density at radius 2 is 1.90 bits per heavy atom. The van der Waals surface area contributed by atoms with Crippen LogP contribution < -0.4 is 5.32 Å². The fraction of sp³-hybridized carbons (Fsp3) is 0.143. The van der Waals surface area contributed by atoms with Gasteiger partial charge in [-0.3, -0.25) is 14.3 Å². The zero-order valence-corrected chi connectivity index (χ0v) is 17.4. The maximum atomic E-state index is 12.5. The fourth-order valence-electron chi connectivity index (χ4n) is 2.88. The van der Waals surface area contributed by atoms with Gasteiger partial charge in [0, 0.05) is 28.5 Å². The number of carbonyl (C=O) groups is 1. The minimum Gasteiger partial charge on any atom is -0.348 e. The van der Waals surface area contributed by atoms with Crippen molar-refractivity contribution in [1.29, 1.82) is 0 Å². The quantitative estimate of drug-likeness (QED) is 0.449. The van der Waals surface area contributed by atoms with Gasteiger partial charge in [0.05, 0.1) is 11.8 Å². The van der Waals surface area contributed by atoms with Gasteiger partial charge < -0.3 is 5.32 Å². The number of aromatic nitrogens is 4. The molecular formula is C21H19N5OS2. The van der Waals surface area contributed by atoms with Crippen molar-refractivity contribution in [2.45, 2.75) is 18.1 Å². The molecule has 1 N–H and O–H groups in total. The highest BCUT2D eigenvalue weighted by molar-refractivity contribution is 7.99. The van der Waals surface area contributed by atoms with E-state index in [-0.39, 0.29) is 17.7 Å². The monoisotopic (exact) mass is 421 g/mol. The summed E-state index contributed by atoms with van der Waals surface area (Å²) < 4.78 is 1.97. The third-order valence-corrected chi connectivity index (χ3v) is 6.25. The first kappa shape index (κ1) is 19.4. The summed E-state index contributed by atoms with van der Waals surface area (Å²) in [5, 5.41) is 14.4. The molecule has 3 aromatic heterocycles. The second-order valence-corrected chi connectivity index (χ2v) is 8.23. The Morgan fingerprint density at radius 1 is 1.10 bits per heavy atom. The Balaban J connectivity index is 1.54. The molecule has 1 atom stereocenters. The highest BCUT2D eigenvalue weighted by Crippen LogP contribution is 2.27. The van der Waals surface area contributed by atoms with Gasteiger partial charge in [0.25, 0.3) is 0 Å². The van der Waals surface area contributed by atoms with Crippen LogP contribution >= 0.6 is 23.1 Å². The number of hydrogen-bond donors (Lipinski definition) is 1. The number of pyridine rings is 1. The predicted molar refractivity (Wildman–Crippen MR) is 116 cm³/mol. The van der Waals surface area contributed by atoms with Crippen LogP contribution in [0.15, 0.2) is 77.5 Å². The van der Waals surface area contributed by atoms with Crippen LogP contribution in [0.4, 0.5) is 0 Å². The van der Waals surface area contributed by atoms with Crippen LogP contribution in [-0.4, -0.2) is 31.4 Å². The summed E-state index contributed by atoms with van der Waals surface area (Å²) in [7, 11) is 0. The number of benzene rings is 1. The van der Waals surface area contributed by atoms with Gasteiger partial charge in [-0.1, -0.05) is 36.0 Å². The molecule has 146 valence electrons. The third kappa shape index (κ3) is 4.55. The van der Waals surface area contributed by atoms with Crippen molar-refractivity contribution in [1.82, 2.24) is 25.1 Å². The van der Waals surface area contributed by atoms with E-state index >= 15 is 0 Å². The van der Waals surface area contributed by atoms with Crippen molar-refractivity contribution >= 4 is 29.0 Å². The molecule has 0 saturated heterocycles. The summed E-state index contributed by atoms with van der Waals surface area (Å²) in [5.41, 5.74) is 1.86. The largest absolute Gasteiger partial charge is 0.348 e. The number of rotatable bonds is 7. The minimum absolute atomic E-state index is 0.0116.